The molecule has 0 radical (unpaired) electrons. The molecule has 2 rings (SSSR count). The van der Waals surface area contributed by atoms with E-state index in [1.165, 1.54) is 6.33 Å². The van der Waals surface area contributed by atoms with Crippen LogP contribution in [0.2, 0.25) is 0 Å². The minimum atomic E-state index is -0.454. The minimum Gasteiger partial charge on any atom is -0.477 e. The van der Waals surface area contributed by atoms with Gasteiger partial charge in [-0.3, -0.25) is 0 Å². The number of aromatic nitrogens is 2. The lowest BCUT2D eigenvalue weighted by molar-refractivity contribution is 0.0284. The number of rotatable bonds is 3. The maximum atomic E-state index is 12.0. The van der Waals surface area contributed by atoms with Gasteiger partial charge in [0.05, 0.1) is 6.61 Å². The molecule has 116 valence electrons. The molecule has 1 aliphatic rings. The van der Waals surface area contributed by atoms with Gasteiger partial charge in [-0.15, -0.1) is 0 Å². The van der Waals surface area contributed by atoms with Crippen LogP contribution in [0, 0.1) is 12.8 Å². The van der Waals surface area contributed by atoms with Crippen molar-refractivity contribution in [1.82, 2.24) is 14.9 Å². The van der Waals surface area contributed by atoms with E-state index in [4.69, 9.17) is 9.47 Å². The fourth-order valence-corrected chi connectivity index (χ4v) is 2.17. The van der Waals surface area contributed by atoms with Crippen molar-refractivity contribution >= 4 is 6.09 Å². The molecule has 0 bridgehead atoms. The molecular weight excluding hydrogens is 270 g/mol. The zero-order valence-electron chi connectivity index (χ0n) is 13.1. The van der Waals surface area contributed by atoms with Gasteiger partial charge >= 0.3 is 6.09 Å². The number of nitrogens with zero attached hydrogens (tertiary/aromatic N) is 3. The second-order valence-corrected chi connectivity index (χ2v) is 6.39. The smallest absolute Gasteiger partial charge is 0.410 e. The highest BCUT2D eigenvalue weighted by Gasteiger charge is 2.30. The van der Waals surface area contributed by atoms with E-state index in [9.17, 15) is 4.79 Å². The molecule has 1 fully saturated rings. The van der Waals surface area contributed by atoms with E-state index in [0.29, 0.717) is 31.5 Å². The molecule has 6 nitrogen and oxygen atoms in total. The first-order valence-corrected chi connectivity index (χ1v) is 7.23. The van der Waals surface area contributed by atoms with E-state index in [1.807, 2.05) is 27.7 Å². The Morgan fingerprint density at radius 1 is 1.43 bits per heavy atom. The predicted octanol–water partition coefficient (Wildman–Crippen LogP) is 2.42. The second kappa shape index (κ2) is 6.28. The van der Waals surface area contributed by atoms with Crippen LogP contribution in [0.5, 0.6) is 5.88 Å². The van der Waals surface area contributed by atoms with Gasteiger partial charge in [-0.2, -0.15) is 0 Å². The van der Waals surface area contributed by atoms with E-state index in [0.717, 1.165) is 12.1 Å². The number of aryl methyl sites for hydroxylation is 1. The number of likely N-dealkylation sites (tertiary alicyclic amines) is 1. The summed E-state index contributed by atoms with van der Waals surface area (Å²) in [6.45, 7) is 9.45. The van der Waals surface area contributed by atoms with Crippen LogP contribution in [0.3, 0.4) is 0 Å². The summed E-state index contributed by atoms with van der Waals surface area (Å²) in [5.74, 6) is 0.894. The Labute approximate surface area is 125 Å². The van der Waals surface area contributed by atoms with Gasteiger partial charge in [0.25, 0.3) is 0 Å². The molecule has 0 N–H and O–H groups in total. The van der Waals surface area contributed by atoms with Crippen LogP contribution >= 0.6 is 0 Å². The minimum absolute atomic E-state index is 0.247. The Balaban J connectivity index is 1.79. The van der Waals surface area contributed by atoms with Crippen molar-refractivity contribution in [3.05, 3.63) is 18.1 Å². The number of ether oxygens (including phenoxy) is 2. The van der Waals surface area contributed by atoms with Gasteiger partial charge in [0.1, 0.15) is 11.9 Å². The van der Waals surface area contributed by atoms with Crippen molar-refractivity contribution in [2.75, 3.05) is 19.7 Å². The predicted molar refractivity (Wildman–Crippen MR) is 78.2 cm³/mol. The fourth-order valence-electron chi connectivity index (χ4n) is 2.17. The van der Waals surface area contributed by atoms with E-state index in [1.54, 1.807) is 11.0 Å². The SMILES string of the molecule is Cc1cc(OC[C@H]2CCN(C(=O)OC(C)(C)C)C2)ncn1. The summed E-state index contributed by atoms with van der Waals surface area (Å²) < 4.78 is 11.0. The third kappa shape index (κ3) is 4.88. The van der Waals surface area contributed by atoms with E-state index in [2.05, 4.69) is 9.97 Å². The number of amides is 1. The van der Waals surface area contributed by atoms with Crippen molar-refractivity contribution in [1.29, 1.82) is 0 Å². The van der Waals surface area contributed by atoms with Crippen LogP contribution < -0.4 is 4.74 Å². The fraction of sp³-hybridized carbons (Fsp3) is 0.667. The third-order valence-corrected chi connectivity index (χ3v) is 3.18. The first kappa shape index (κ1) is 15.5. The topological polar surface area (TPSA) is 64.5 Å². The zero-order valence-corrected chi connectivity index (χ0v) is 13.1. The largest absolute Gasteiger partial charge is 0.477 e. The standard InChI is InChI=1S/C15H23N3O3/c1-11-7-13(17-10-16-11)20-9-12-5-6-18(8-12)14(19)21-15(2,3)4/h7,10,12H,5-6,8-9H2,1-4H3/t12-/m0/s1. The Morgan fingerprint density at radius 2 is 2.19 bits per heavy atom. The van der Waals surface area contributed by atoms with Crippen LogP contribution in [0.25, 0.3) is 0 Å². The number of hydrogen-bond acceptors (Lipinski definition) is 5. The molecule has 0 saturated carbocycles. The second-order valence-electron chi connectivity index (χ2n) is 6.39. The third-order valence-electron chi connectivity index (χ3n) is 3.18. The first-order valence-electron chi connectivity index (χ1n) is 7.23. The molecule has 1 saturated heterocycles. The lowest BCUT2D eigenvalue weighted by Gasteiger charge is -2.24. The summed E-state index contributed by atoms with van der Waals surface area (Å²) in [7, 11) is 0. The van der Waals surface area contributed by atoms with Gasteiger partial charge in [-0.1, -0.05) is 0 Å². The maximum absolute atomic E-state index is 12.0. The highest BCUT2D eigenvalue weighted by atomic mass is 16.6. The van der Waals surface area contributed by atoms with Gasteiger partial charge in [0.15, 0.2) is 0 Å². The van der Waals surface area contributed by atoms with Crippen molar-refractivity contribution in [3.63, 3.8) is 0 Å². The van der Waals surface area contributed by atoms with Crippen LogP contribution in [0.15, 0.2) is 12.4 Å². The Kier molecular flexibility index (Phi) is 4.65. The lowest BCUT2D eigenvalue weighted by atomic mass is 10.1. The quantitative estimate of drug-likeness (QED) is 0.856. The highest BCUT2D eigenvalue weighted by Crippen LogP contribution is 2.20. The molecule has 1 aliphatic heterocycles. The van der Waals surface area contributed by atoms with E-state index >= 15 is 0 Å². The van der Waals surface area contributed by atoms with Crippen LogP contribution in [0.1, 0.15) is 32.9 Å². The Bertz CT molecular complexity index is 499. The van der Waals surface area contributed by atoms with Crippen molar-refractivity contribution in [3.8, 4) is 5.88 Å². The summed E-state index contributed by atoms with van der Waals surface area (Å²) >= 11 is 0. The van der Waals surface area contributed by atoms with Crippen LogP contribution in [0.4, 0.5) is 4.79 Å². The van der Waals surface area contributed by atoms with Crippen molar-refractivity contribution < 1.29 is 14.3 Å². The molecule has 0 aliphatic carbocycles. The van der Waals surface area contributed by atoms with Crippen LogP contribution in [-0.4, -0.2) is 46.3 Å². The van der Waals surface area contributed by atoms with E-state index < -0.39 is 5.60 Å². The molecule has 1 amide bonds. The van der Waals surface area contributed by atoms with Gasteiger partial charge in [0.2, 0.25) is 5.88 Å². The molecule has 1 aromatic rings. The van der Waals surface area contributed by atoms with Gasteiger partial charge < -0.3 is 14.4 Å². The average Bonchev–Trinajstić information content (AvgIpc) is 2.83. The molecule has 0 spiro atoms. The van der Waals surface area contributed by atoms with E-state index in [-0.39, 0.29) is 6.09 Å². The molecular formula is C15H23N3O3. The first-order chi connectivity index (χ1) is 9.83. The van der Waals surface area contributed by atoms with Crippen LogP contribution in [-0.2, 0) is 4.74 Å². The molecule has 6 heteroatoms. The summed E-state index contributed by atoms with van der Waals surface area (Å²) in [6.07, 6.45) is 2.16. The Hall–Kier alpha value is -1.85. The van der Waals surface area contributed by atoms with Gasteiger partial charge in [0, 0.05) is 30.8 Å². The number of hydrogen-bond donors (Lipinski definition) is 0. The zero-order chi connectivity index (χ0) is 15.5. The normalized spacial score (nSPS) is 18.7. The summed E-state index contributed by atoms with van der Waals surface area (Å²) in [5.41, 5.74) is 0.422. The molecule has 0 aromatic carbocycles. The van der Waals surface area contributed by atoms with Crippen molar-refractivity contribution in [2.45, 2.75) is 39.7 Å². The Morgan fingerprint density at radius 3 is 2.86 bits per heavy atom. The molecule has 21 heavy (non-hydrogen) atoms. The molecule has 2 heterocycles. The average molecular weight is 293 g/mol. The molecule has 1 atom stereocenters. The number of carbonyl (C=O) groups is 1. The maximum Gasteiger partial charge on any atom is 0.410 e. The summed E-state index contributed by atoms with van der Waals surface area (Å²) in [4.78, 5) is 21.8. The summed E-state index contributed by atoms with van der Waals surface area (Å²) in [5, 5.41) is 0. The highest BCUT2D eigenvalue weighted by molar-refractivity contribution is 5.68. The lowest BCUT2D eigenvalue weighted by Crippen LogP contribution is -2.35. The monoisotopic (exact) mass is 293 g/mol. The van der Waals surface area contributed by atoms with Gasteiger partial charge in [-0.05, 0) is 34.1 Å². The number of carbonyl (C=O) groups excluding carboxylic acids is 1. The summed E-state index contributed by atoms with van der Waals surface area (Å²) in [6, 6.07) is 1.81. The van der Waals surface area contributed by atoms with Crippen molar-refractivity contribution in [2.24, 2.45) is 5.92 Å². The molecule has 1 aromatic heterocycles. The van der Waals surface area contributed by atoms with Gasteiger partial charge in [-0.25, -0.2) is 14.8 Å². The molecule has 0 unspecified atom stereocenters.